The van der Waals surface area contributed by atoms with Gasteiger partial charge in [0.2, 0.25) is 0 Å². The molecule has 0 aliphatic carbocycles. The maximum absolute atomic E-state index is 12.5. The second-order valence-corrected chi connectivity index (χ2v) is 7.01. The Morgan fingerprint density at radius 2 is 2.04 bits per heavy atom. The van der Waals surface area contributed by atoms with Crippen molar-refractivity contribution in [3.05, 3.63) is 51.5 Å². The Bertz CT molecular complexity index is 690. The topological polar surface area (TPSA) is 51.2 Å². The molecular formula is C18H22N2O2S. The standard InChI is InChI=1S/C18H22N2O2S/c1-13-5-3-4-6-15(13)18(7-9-22-10-8-18)11-19-17(21)16-14(2)20-12-23-16/h3-6,12H,7-11H2,1-2H3,(H,19,21). The average Bonchev–Trinajstić information content (AvgIpc) is 3.00. The van der Waals surface area contributed by atoms with E-state index in [4.69, 9.17) is 4.74 Å². The Labute approximate surface area is 140 Å². The van der Waals surface area contributed by atoms with Crippen LogP contribution in [0.15, 0.2) is 29.8 Å². The molecule has 0 radical (unpaired) electrons. The first-order chi connectivity index (χ1) is 11.1. The minimum absolute atomic E-state index is 0.0237. The van der Waals surface area contributed by atoms with E-state index in [0.29, 0.717) is 11.4 Å². The van der Waals surface area contributed by atoms with E-state index >= 15 is 0 Å². The summed E-state index contributed by atoms with van der Waals surface area (Å²) in [5.74, 6) is -0.0237. The summed E-state index contributed by atoms with van der Waals surface area (Å²) in [6.07, 6.45) is 1.86. The molecule has 0 spiro atoms. The number of nitrogens with one attached hydrogen (secondary N) is 1. The number of hydrogen-bond donors (Lipinski definition) is 1. The van der Waals surface area contributed by atoms with Crippen LogP contribution in [0.5, 0.6) is 0 Å². The second-order valence-electron chi connectivity index (χ2n) is 6.16. The summed E-state index contributed by atoms with van der Waals surface area (Å²) >= 11 is 1.39. The third kappa shape index (κ3) is 3.31. The van der Waals surface area contributed by atoms with Gasteiger partial charge in [0.15, 0.2) is 0 Å². The lowest BCUT2D eigenvalue weighted by Crippen LogP contribution is -2.45. The van der Waals surface area contributed by atoms with Gasteiger partial charge in [-0.25, -0.2) is 4.98 Å². The smallest absolute Gasteiger partial charge is 0.263 e. The van der Waals surface area contributed by atoms with Gasteiger partial charge in [-0.05, 0) is 37.8 Å². The average molecular weight is 330 g/mol. The molecule has 1 saturated heterocycles. The van der Waals surface area contributed by atoms with E-state index in [1.807, 2.05) is 6.92 Å². The highest BCUT2D eigenvalue weighted by Gasteiger charge is 2.36. The van der Waals surface area contributed by atoms with Crippen molar-refractivity contribution < 1.29 is 9.53 Å². The molecule has 23 heavy (non-hydrogen) atoms. The number of hydrogen-bond acceptors (Lipinski definition) is 4. The van der Waals surface area contributed by atoms with Crippen LogP contribution in [0.2, 0.25) is 0 Å². The van der Waals surface area contributed by atoms with Crippen LogP contribution in [0, 0.1) is 13.8 Å². The number of rotatable bonds is 4. The molecule has 0 saturated carbocycles. The van der Waals surface area contributed by atoms with Gasteiger partial charge in [0.05, 0.1) is 11.2 Å². The summed E-state index contributed by atoms with van der Waals surface area (Å²) in [6.45, 7) is 6.13. The molecule has 1 fully saturated rings. The highest BCUT2D eigenvalue weighted by molar-refractivity contribution is 7.11. The van der Waals surface area contributed by atoms with E-state index in [2.05, 4.69) is 41.5 Å². The number of aromatic nitrogens is 1. The molecule has 1 aliphatic heterocycles. The van der Waals surface area contributed by atoms with Crippen LogP contribution in [-0.4, -0.2) is 30.6 Å². The van der Waals surface area contributed by atoms with Crippen molar-refractivity contribution in [2.24, 2.45) is 0 Å². The number of carbonyl (C=O) groups is 1. The van der Waals surface area contributed by atoms with Gasteiger partial charge in [-0.2, -0.15) is 0 Å². The van der Waals surface area contributed by atoms with E-state index in [1.165, 1.54) is 22.5 Å². The Morgan fingerprint density at radius 1 is 1.30 bits per heavy atom. The molecule has 0 atom stereocenters. The van der Waals surface area contributed by atoms with E-state index in [1.54, 1.807) is 5.51 Å². The summed E-state index contributed by atoms with van der Waals surface area (Å²) in [6, 6.07) is 8.46. The number of benzene rings is 1. The van der Waals surface area contributed by atoms with E-state index in [-0.39, 0.29) is 11.3 Å². The number of aryl methyl sites for hydroxylation is 2. The lowest BCUT2D eigenvalue weighted by atomic mass is 9.72. The minimum atomic E-state index is -0.0438. The normalized spacial score (nSPS) is 17.0. The van der Waals surface area contributed by atoms with Crippen molar-refractivity contribution in [1.29, 1.82) is 0 Å². The van der Waals surface area contributed by atoms with Gasteiger partial charge in [0.25, 0.3) is 5.91 Å². The van der Waals surface area contributed by atoms with Gasteiger partial charge in [-0.3, -0.25) is 4.79 Å². The fourth-order valence-electron chi connectivity index (χ4n) is 3.32. The van der Waals surface area contributed by atoms with Crippen LogP contribution >= 0.6 is 11.3 Å². The van der Waals surface area contributed by atoms with Gasteiger partial charge in [-0.1, -0.05) is 24.3 Å². The van der Waals surface area contributed by atoms with E-state index < -0.39 is 0 Å². The van der Waals surface area contributed by atoms with Gasteiger partial charge in [0, 0.05) is 25.2 Å². The molecule has 1 aromatic carbocycles. The molecule has 2 aromatic rings. The first kappa shape index (κ1) is 16.1. The highest BCUT2D eigenvalue weighted by Crippen LogP contribution is 2.36. The largest absolute Gasteiger partial charge is 0.381 e. The quantitative estimate of drug-likeness (QED) is 0.936. The van der Waals surface area contributed by atoms with Crippen molar-refractivity contribution in [3.8, 4) is 0 Å². The van der Waals surface area contributed by atoms with Gasteiger partial charge in [0.1, 0.15) is 4.88 Å². The van der Waals surface area contributed by atoms with E-state index in [0.717, 1.165) is 31.7 Å². The molecule has 0 unspecified atom stereocenters. The summed E-state index contributed by atoms with van der Waals surface area (Å²) in [7, 11) is 0. The fourth-order valence-corrected chi connectivity index (χ4v) is 4.04. The minimum Gasteiger partial charge on any atom is -0.381 e. The number of carbonyl (C=O) groups excluding carboxylic acids is 1. The number of nitrogens with zero attached hydrogens (tertiary/aromatic N) is 1. The van der Waals surface area contributed by atoms with Gasteiger partial charge < -0.3 is 10.1 Å². The monoisotopic (exact) mass is 330 g/mol. The molecule has 3 rings (SSSR count). The second kappa shape index (κ2) is 6.81. The first-order valence-electron chi connectivity index (χ1n) is 7.94. The van der Waals surface area contributed by atoms with Crippen molar-refractivity contribution in [3.63, 3.8) is 0 Å². The third-order valence-electron chi connectivity index (χ3n) is 4.71. The van der Waals surface area contributed by atoms with Crippen LogP contribution in [0.4, 0.5) is 0 Å². The molecule has 5 heteroatoms. The lowest BCUT2D eigenvalue weighted by Gasteiger charge is -2.39. The molecule has 0 bridgehead atoms. The lowest BCUT2D eigenvalue weighted by molar-refractivity contribution is 0.0485. The zero-order chi connectivity index (χ0) is 16.3. The maximum Gasteiger partial charge on any atom is 0.263 e. The first-order valence-corrected chi connectivity index (χ1v) is 8.82. The number of amides is 1. The Morgan fingerprint density at radius 3 is 2.70 bits per heavy atom. The summed E-state index contributed by atoms with van der Waals surface area (Å²) in [4.78, 5) is 17.3. The van der Waals surface area contributed by atoms with Crippen LogP contribution in [-0.2, 0) is 10.2 Å². The fraction of sp³-hybridized carbons (Fsp3) is 0.444. The van der Waals surface area contributed by atoms with Crippen LogP contribution < -0.4 is 5.32 Å². The molecule has 2 heterocycles. The Balaban J connectivity index is 1.82. The maximum atomic E-state index is 12.5. The molecule has 1 aromatic heterocycles. The molecule has 1 amide bonds. The molecule has 1 aliphatic rings. The van der Waals surface area contributed by atoms with Crippen LogP contribution in [0.3, 0.4) is 0 Å². The number of ether oxygens (including phenoxy) is 1. The van der Waals surface area contributed by atoms with Crippen LogP contribution in [0.1, 0.15) is 39.3 Å². The van der Waals surface area contributed by atoms with Gasteiger partial charge >= 0.3 is 0 Å². The Hall–Kier alpha value is -1.72. The molecule has 4 nitrogen and oxygen atoms in total. The zero-order valence-corrected chi connectivity index (χ0v) is 14.4. The van der Waals surface area contributed by atoms with Crippen molar-refractivity contribution >= 4 is 17.2 Å². The summed E-state index contributed by atoms with van der Waals surface area (Å²) in [5.41, 5.74) is 5.07. The van der Waals surface area contributed by atoms with Crippen molar-refractivity contribution in [2.75, 3.05) is 19.8 Å². The number of thiazole rings is 1. The predicted octanol–water partition coefficient (Wildman–Crippen LogP) is 3.24. The summed E-state index contributed by atoms with van der Waals surface area (Å²) in [5, 5.41) is 3.14. The third-order valence-corrected chi connectivity index (χ3v) is 5.63. The SMILES string of the molecule is Cc1ccccc1C1(CNC(=O)c2scnc2C)CCOCC1. The molecular weight excluding hydrogens is 308 g/mol. The van der Waals surface area contributed by atoms with Crippen molar-refractivity contribution in [1.82, 2.24) is 10.3 Å². The van der Waals surface area contributed by atoms with Crippen molar-refractivity contribution in [2.45, 2.75) is 32.1 Å². The van der Waals surface area contributed by atoms with Crippen LogP contribution in [0.25, 0.3) is 0 Å². The zero-order valence-electron chi connectivity index (χ0n) is 13.6. The highest BCUT2D eigenvalue weighted by atomic mass is 32.1. The Kier molecular flexibility index (Phi) is 4.78. The molecule has 122 valence electrons. The van der Waals surface area contributed by atoms with E-state index in [9.17, 15) is 4.79 Å². The predicted molar refractivity (Wildman–Crippen MR) is 92.1 cm³/mol. The van der Waals surface area contributed by atoms with Gasteiger partial charge in [-0.15, -0.1) is 11.3 Å². The molecule has 1 N–H and O–H groups in total. The summed E-state index contributed by atoms with van der Waals surface area (Å²) < 4.78 is 5.56.